The highest BCUT2D eigenvalue weighted by Gasteiger charge is 2.16. The molecule has 0 atom stereocenters. The van der Waals surface area contributed by atoms with Crippen molar-refractivity contribution < 1.29 is 14.1 Å². The van der Waals surface area contributed by atoms with Gasteiger partial charge in [-0.1, -0.05) is 5.16 Å². The van der Waals surface area contributed by atoms with E-state index in [1.165, 1.54) is 12.5 Å². The number of carbonyl (C=O) groups excluding carboxylic acids is 1. The number of nitrogens with one attached hydrogen (secondary N) is 1. The van der Waals surface area contributed by atoms with E-state index in [1.807, 2.05) is 6.92 Å². The van der Waals surface area contributed by atoms with Crippen LogP contribution in [-0.4, -0.2) is 52.3 Å². The van der Waals surface area contributed by atoms with E-state index >= 15 is 0 Å². The van der Waals surface area contributed by atoms with Crippen LogP contribution in [0.15, 0.2) is 29.2 Å². The molecule has 1 saturated heterocycles. The number of morpholine rings is 1. The molecule has 0 aliphatic carbocycles. The Kier molecular flexibility index (Phi) is 3.98. The normalized spacial score (nSPS) is 14.7. The molecule has 0 spiro atoms. The van der Waals surface area contributed by atoms with Gasteiger partial charge >= 0.3 is 0 Å². The summed E-state index contributed by atoms with van der Waals surface area (Å²) in [7, 11) is 0. The first-order chi connectivity index (χ1) is 12.2. The molecule has 0 bridgehead atoms. The minimum atomic E-state index is -0.327. The second kappa shape index (κ2) is 6.44. The molecule has 1 aliphatic rings. The Balaban J connectivity index is 1.54. The molecule has 128 valence electrons. The van der Waals surface area contributed by atoms with Gasteiger partial charge in [-0.3, -0.25) is 4.79 Å². The lowest BCUT2D eigenvalue weighted by atomic mass is 10.2. The van der Waals surface area contributed by atoms with E-state index in [0.717, 1.165) is 24.2 Å². The number of nitrogens with zero attached hydrogens (tertiary/aromatic N) is 5. The van der Waals surface area contributed by atoms with Gasteiger partial charge < -0.3 is 19.5 Å². The van der Waals surface area contributed by atoms with Crippen molar-refractivity contribution in [3.8, 4) is 0 Å². The van der Waals surface area contributed by atoms with Gasteiger partial charge in [-0.05, 0) is 13.0 Å². The predicted octanol–water partition coefficient (Wildman–Crippen LogP) is 1.41. The lowest BCUT2D eigenvalue weighted by Crippen LogP contribution is -2.37. The molecular weight excluding hydrogens is 324 g/mol. The number of ether oxygens (including phenoxy) is 1. The Morgan fingerprint density at radius 1 is 1.20 bits per heavy atom. The number of amides is 1. The van der Waals surface area contributed by atoms with Gasteiger partial charge in [-0.25, -0.2) is 15.0 Å². The zero-order chi connectivity index (χ0) is 17.2. The average Bonchev–Trinajstić information content (AvgIpc) is 3.03. The highest BCUT2D eigenvalue weighted by molar-refractivity contribution is 6.03. The number of hydrogen-bond acceptors (Lipinski definition) is 8. The van der Waals surface area contributed by atoms with Crippen LogP contribution in [0.5, 0.6) is 0 Å². The molecule has 1 fully saturated rings. The third kappa shape index (κ3) is 3.13. The zero-order valence-corrected chi connectivity index (χ0v) is 13.6. The van der Waals surface area contributed by atoms with Crippen molar-refractivity contribution in [2.45, 2.75) is 6.92 Å². The maximum atomic E-state index is 12.5. The van der Waals surface area contributed by atoms with Gasteiger partial charge in [0, 0.05) is 19.2 Å². The second-order valence-corrected chi connectivity index (χ2v) is 5.66. The van der Waals surface area contributed by atoms with Gasteiger partial charge in [0.15, 0.2) is 0 Å². The summed E-state index contributed by atoms with van der Waals surface area (Å²) in [5.74, 6) is 0.388. The molecule has 4 rings (SSSR count). The van der Waals surface area contributed by atoms with Crippen LogP contribution in [0.25, 0.3) is 11.1 Å². The van der Waals surface area contributed by atoms with Crippen LogP contribution < -0.4 is 10.2 Å². The van der Waals surface area contributed by atoms with E-state index in [-0.39, 0.29) is 5.91 Å². The van der Waals surface area contributed by atoms with Crippen LogP contribution in [-0.2, 0) is 4.74 Å². The Morgan fingerprint density at radius 2 is 2.04 bits per heavy atom. The van der Waals surface area contributed by atoms with E-state index in [4.69, 9.17) is 9.26 Å². The van der Waals surface area contributed by atoms with Crippen LogP contribution in [0, 0.1) is 6.92 Å². The number of aryl methyl sites for hydroxylation is 1. The molecule has 3 aromatic rings. The fraction of sp³-hybridized carbons (Fsp3) is 0.312. The molecule has 3 aromatic heterocycles. The number of hydrogen-bond donors (Lipinski definition) is 1. The molecule has 9 heteroatoms. The van der Waals surface area contributed by atoms with Crippen LogP contribution in [0.2, 0.25) is 0 Å². The molecule has 0 radical (unpaired) electrons. The van der Waals surface area contributed by atoms with Gasteiger partial charge in [0.25, 0.3) is 11.6 Å². The van der Waals surface area contributed by atoms with Crippen molar-refractivity contribution in [3.05, 3.63) is 36.0 Å². The smallest absolute Gasteiger partial charge is 0.274 e. The first-order valence-electron chi connectivity index (χ1n) is 7.89. The average molecular weight is 340 g/mol. The van der Waals surface area contributed by atoms with Gasteiger partial charge in [-0.2, -0.15) is 0 Å². The largest absolute Gasteiger partial charge is 0.378 e. The lowest BCUT2D eigenvalue weighted by molar-refractivity contribution is 0.102. The molecule has 1 aliphatic heterocycles. The molecule has 1 N–H and O–H groups in total. The zero-order valence-electron chi connectivity index (χ0n) is 13.6. The monoisotopic (exact) mass is 340 g/mol. The van der Waals surface area contributed by atoms with E-state index < -0.39 is 0 Å². The van der Waals surface area contributed by atoms with Crippen molar-refractivity contribution >= 4 is 28.5 Å². The number of pyridine rings is 1. The molecule has 0 saturated carbocycles. The molecule has 9 nitrogen and oxygen atoms in total. The van der Waals surface area contributed by atoms with Crippen LogP contribution in [0.3, 0.4) is 0 Å². The van der Waals surface area contributed by atoms with Gasteiger partial charge in [0.1, 0.15) is 17.8 Å². The van der Waals surface area contributed by atoms with Gasteiger partial charge in [0.2, 0.25) is 0 Å². The summed E-state index contributed by atoms with van der Waals surface area (Å²) in [6, 6.07) is 3.45. The van der Waals surface area contributed by atoms with Crippen molar-refractivity contribution in [1.29, 1.82) is 0 Å². The first-order valence-corrected chi connectivity index (χ1v) is 7.89. The minimum Gasteiger partial charge on any atom is -0.378 e. The highest BCUT2D eigenvalue weighted by atomic mass is 16.5. The van der Waals surface area contributed by atoms with Crippen molar-refractivity contribution in [1.82, 2.24) is 20.1 Å². The number of anilines is 2. The Labute approximate surface area is 143 Å². The van der Waals surface area contributed by atoms with Crippen molar-refractivity contribution in [3.63, 3.8) is 0 Å². The molecular formula is C16H16N6O3. The fourth-order valence-corrected chi connectivity index (χ4v) is 2.65. The summed E-state index contributed by atoms with van der Waals surface area (Å²) in [5.41, 5.74) is 2.00. The van der Waals surface area contributed by atoms with E-state index in [2.05, 4.69) is 30.3 Å². The second-order valence-electron chi connectivity index (χ2n) is 5.66. The Hall–Kier alpha value is -3.07. The van der Waals surface area contributed by atoms with Crippen molar-refractivity contribution in [2.24, 2.45) is 0 Å². The summed E-state index contributed by atoms with van der Waals surface area (Å²) in [4.78, 5) is 27.0. The predicted molar refractivity (Wildman–Crippen MR) is 89.6 cm³/mol. The number of fused-ring (bicyclic) bond motifs is 1. The summed E-state index contributed by atoms with van der Waals surface area (Å²) >= 11 is 0. The third-order valence-corrected chi connectivity index (χ3v) is 3.99. The summed E-state index contributed by atoms with van der Waals surface area (Å²) in [6.07, 6.45) is 2.92. The molecule has 25 heavy (non-hydrogen) atoms. The topological polar surface area (TPSA) is 106 Å². The summed E-state index contributed by atoms with van der Waals surface area (Å²) < 4.78 is 10.4. The molecule has 4 heterocycles. The Bertz CT molecular complexity index is 919. The third-order valence-electron chi connectivity index (χ3n) is 3.99. The van der Waals surface area contributed by atoms with E-state index in [1.54, 1.807) is 12.1 Å². The maximum Gasteiger partial charge on any atom is 0.274 e. The first kappa shape index (κ1) is 15.5. The highest BCUT2D eigenvalue weighted by Crippen LogP contribution is 2.20. The van der Waals surface area contributed by atoms with Crippen molar-refractivity contribution in [2.75, 3.05) is 36.5 Å². The maximum absolute atomic E-state index is 12.5. The van der Waals surface area contributed by atoms with Gasteiger partial charge in [-0.15, -0.1) is 0 Å². The van der Waals surface area contributed by atoms with E-state index in [0.29, 0.717) is 36.1 Å². The number of carbonyl (C=O) groups is 1. The SMILES string of the molecule is Cc1noc2ncc(NC(=O)c3cc(N4CCOCC4)ncn3)cc12. The van der Waals surface area contributed by atoms with E-state index in [9.17, 15) is 4.79 Å². The van der Waals surface area contributed by atoms with Gasteiger partial charge in [0.05, 0.1) is 36.2 Å². The Morgan fingerprint density at radius 3 is 2.88 bits per heavy atom. The molecule has 1 amide bonds. The van der Waals surface area contributed by atoms with Crippen LogP contribution in [0.1, 0.15) is 16.2 Å². The number of rotatable bonds is 3. The minimum absolute atomic E-state index is 0.290. The quantitative estimate of drug-likeness (QED) is 0.763. The number of aromatic nitrogens is 4. The fourth-order valence-electron chi connectivity index (χ4n) is 2.65. The van der Waals surface area contributed by atoms with Crippen LogP contribution >= 0.6 is 0 Å². The molecule has 0 aromatic carbocycles. The van der Waals surface area contributed by atoms with Crippen LogP contribution in [0.4, 0.5) is 11.5 Å². The summed E-state index contributed by atoms with van der Waals surface area (Å²) in [6.45, 7) is 4.60. The standard InChI is InChI=1S/C16H16N6O3/c1-10-12-6-11(8-17-16(12)25-21-10)20-15(23)13-7-14(19-9-18-13)22-2-4-24-5-3-22/h6-9H,2-5H2,1H3,(H,20,23). The lowest BCUT2D eigenvalue weighted by Gasteiger charge is -2.27. The molecule has 0 unspecified atom stereocenters. The summed E-state index contributed by atoms with van der Waals surface area (Å²) in [5, 5.41) is 7.40.